The maximum absolute atomic E-state index is 13.3. The lowest BCUT2D eigenvalue weighted by atomic mass is 10.2. The van der Waals surface area contributed by atoms with Crippen LogP contribution in [0.25, 0.3) is 0 Å². The van der Waals surface area contributed by atoms with Gasteiger partial charge in [0.05, 0.1) is 5.69 Å². The minimum absolute atomic E-state index is 0.0330. The SMILES string of the molecule is Cc1cccc(F)c1NC(=O)NC(=O)CCCl. The summed E-state index contributed by atoms with van der Waals surface area (Å²) in [6.07, 6.45) is 0.0330. The van der Waals surface area contributed by atoms with Gasteiger partial charge in [-0.05, 0) is 18.6 Å². The number of para-hydroxylation sites is 1. The Labute approximate surface area is 103 Å². The van der Waals surface area contributed by atoms with Crippen molar-refractivity contribution < 1.29 is 14.0 Å². The molecule has 4 nitrogen and oxygen atoms in total. The van der Waals surface area contributed by atoms with Gasteiger partial charge in [-0.2, -0.15) is 0 Å². The number of urea groups is 1. The third kappa shape index (κ3) is 4.03. The Balaban J connectivity index is 2.65. The standard InChI is InChI=1S/C11H12ClFN2O2/c1-7-3-2-4-8(13)10(7)15-11(17)14-9(16)5-6-12/h2-4H,5-6H2,1H3,(H2,14,15,16,17). The van der Waals surface area contributed by atoms with E-state index in [1.807, 2.05) is 5.32 Å². The summed E-state index contributed by atoms with van der Waals surface area (Å²) >= 11 is 5.34. The zero-order valence-corrected chi connectivity index (χ0v) is 9.97. The van der Waals surface area contributed by atoms with Crippen LogP contribution in [0.5, 0.6) is 0 Å². The van der Waals surface area contributed by atoms with Crippen molar-refractivity contribution in [1.82, 2.24) is 5.32 Å². The Hall–Kier alpha value is -1.62. The molecule has 0 aromatic heterocycles. The number of nitrogens with one attached hydrogen (secondary N) is 2. The second-order valence-electron chi connectivity index (χ2n) is 3.37. The maximum Gasteiger partial charge on any atom is 0.325 e. The Morgan fingerprint density at radius 1 is 1.41 bits per heavy atom. The molecule has 0 bridgehead atoms. The number of carbonyl (C=O) groups is 2. The van der Waals surface area contributed by atoms with Crippen molar-refractivity contribution in [2.24, 2.45) is 0 Å². The fourth-order valence-corrected chi connectivity index (χ4v) is 1.38. The van der Waals surface area contributed by atoms with Crippen LogP contribution in [0.3, 0.4) is 0 Å². The van der Waals surface area contributed by atoms with Gasteiger partial charge < -0.3 is 5.32 Å². The second kappa shape index (κ2) is 6.20. The van der Waals surface area contributed by atoms with Crippen LogP contribution in [0.4, 0.5) is 14.9 Å². The highest BCUT2D eigenvalue weighted by molar-refractivity contribution is 6.19. The molecule has 0 aliphatic heterocycles. The number of amides is 3. The molecule has 0 aliphatic carbocycles. The van der Waals surface area contributed by atoms with Gasteiger partial charge in [-0.3, -0.25) is 10.1 Å². The predicted octanol–water partition coefficient (Wildman–Crippen LogP) is 2.41. The fraction of sp³-hybridized carbons (Fsp3) is 0.273. The largest absolute Gasteiger partial charge is 0.325 e. The fourth-order valence-electron chi connectivity index (χ4n) is 1.21. The van der Waals surface area contributed by atoms with Gasteiger partial charge in [-0.1, -0.05) is 12.1 Å². The normalized spacial score (nSPS) is 9.82. The van der Waals surface area contributed by atoms with E-state index in [1.165, 1.54) is 12.1 Å². The molecular weight excluding hydrogens is 247 g/mol. The zero-order valence-electron chi connectivity index (χ0n) is 9.22. The molecule has 0 atom stereocenters. The number of rotatable bonds is 3. The molecule has 2 N–H and O–H groups in total. The van der Waals surface area contributed by atoms with Crippen LogP contribution < -0.4 is 10.6 Å². The molecule has 0 aliphatic rings. The molecule has 1 aromatic carbocycles. The number of aryl methyl sites for hydroxylation is 1. The minimum atomic E-state index is -0.770. The van der Waals surface area contributed by atoms with E-state index in [2.05, 4.69) is 5.32 Å². The lowest BCUT2D eigenvalue weighted by molar-refractivity contribution is -0.119. The highest BCUT2D eigenvalue weighted by atomic mass is 35.5. The summed E-state index contributed by atoms with van der Waals surface area (Å²) in [7, 11) is 0. The molecular formula is C11H12ClFN2O2. The van der Waals surface area contributed by atoms with Crippen LogP contribution in [0.15, 0.2) is 18.2 Å². The van der Waals surface area contributed by atoms with Crippen molar-refractivity contribution in [2.45, 2.75) is 13.3 Å². The van der Waals surface area contributed by atoms with E-state index in [1.54, 1.807) is 13.0 Å². The van der Waals surface area contributed by atoms with E-state index in [4.69, 9.17) is 11.6 Å². The Morgan fingerprint density at radius 3 is 2.71 bits per heavy atom. The summed E-state index contributed by atoms with van der Waals surface area (Å²) in [6, 6.07) is 3.64. The quantitative estimate of drug-likeness (QED) is 0.818. The molecule has 0 heterocycles. The second-order valence-corrected chi connectivity index (χ2v) is 3.75. The molecule has 0 saturated carbocycles. The van der Waals surface area contributed by atoms with Crippen molar-refractivity contribution in [1.29, 1.82) is 0 Å². The zero-order chi connectivity index (χ0) is 12.8. The lowest BCUT2D eigenvalue weighted by Crippen LogP contribution is -2.34. The number of benzene rings is 1. The molecule has 6 heteroatoms. The minimum Gasteiger partial charge on any atom is -0.305 e. The monoisotopic (exact) mass is 258 g/mol. The summed E-state index contributed by atoms with van der Waals surface area (Å²) in [4.78, 5) is 22.4. The molecule has 0 unspecified atom stereocenters. The van der Waals surface area contributed by atoms with Crippen LogP contribution in [-0.2, 0) is 4.79 Å². The van der Waals surface area contributed by atoms with Crippen LogP contribution in [0.1, 0.15) is 12.0 Å². The van der Waals surface area contributed by atoms with E-state index in [0.717, 1.165) is 0 Å². The predicted molar refractivity (Wildman–Crippen MR) is 63.6 cm³/mol. The maximum atomic E-state index is 13.3. The molecule has 1 rings (SSSR count). The average molecular weight is 259 g/mol. The highest BCUT2D eigenvalue weighted by Gasteiger charge is 2.11. The first-order valence-electron chi connectivity index (χ1n) is 4.96. The van der Waals surface area contributed by atoms with Crippen LogP contribution >= 0.6 is 11.6 Å². The Morgan fingerprint density at radius 2 is 2.12 bits per heavy atom. The molecule has 17 heavy (non-hydrogen) atoms. The average Bonchev–Trinajstić information content (AvgIpc) is 2.24. The first-order chi connectivity index (χ1) is 8.04. The molecule has 3 amide bonds. The van der Waals surface area contributed by atoms with Crippen molar-refractivity contribution in [2.75, 3.05) is 11.2 Å². The van der Waals surface area contributed by atoms with Crippen molar-refractivity contribution in [3.05, 3.63) is 29.6 Å². The third-order valence-electron chi connectivity index (χ3n) is 2.03. The first kappa shape index (κ1) is 13.4. The topological polar surface area (TPSA) is 58.2 Å². The van der Waals surface area contributed by atoms with Gasteiger partial charge in [0.25, 0.3) is 0 Å². The van der Waals surface area contributed by atoms with E-state index in [-0.39, 0.29) is 18.0 Å². The van der Waals surface area contributed by atoms with Gasteiger partial charge in [0.2, 0.25) is 5.91 Å². The van der Waals surface area contributed by atoms with Crippen molar-refractivity contribution >= 4 is 29.2 Å². The van der Waals surface area contributed by atoms with Gasteiger partial charge >= 0.3 is 6.03 Å². The molecule has 0 saturated heterocycles. The summed E-state index contributed by atoms with van der Waals surface area (Å²) in [6.45, 7) is 1.65. The van der Waals surface area contributed by atoms with Crippen molar-refractivity contribution in [3.63, 3.8) is 0 Å². The molecule has 0 spiro atoms. The van der Waals surface area contributed by atoms with E-state index < -0.39 is 17.8 Å². The summed E-state index contributed by atoms with van der Waals surface area (Å²) in [5, 5.41) is 4.32. The van der Waals surface area contributed by atoms with Crippen molar-refractivity contribution in [3.8, 4) is 0 Å². The molecule has 92 valence electrons. The van der Waals surface area contributed by atoms with Crippen LogP contribution in [-0.4, -0.2) is 17.8 Å². The summed E-state index contributed by atoms with van der Waals surface area (Å²) in [5.74, 6) is -0.936. The smallest absolute Gasteiger partial charge is 0.305 e. The number of halogens is 2. The summed E-state index contributed by atoms with van der Waals surface area (Å²) < 4.78 is 13.3. The van der Waals surface area contributed by atoms with Gasteiger partial charge in [-0.25, -0.2) is 9.18 Å². The molecule has 1 aromatic rings. The molecule has 0 radical (unpaired) electrons. The summed E-state index contributed by atoms with van der Waals surface area (Å²) in [5.41, 5.74) is 0.633. The van der Waals surface area contributed by atoms with Gasteiger partial charge in [-0.15, -0.1) is 11.6 Å². The molecule has 0 fully saturated rings. The lowest BCUT2D eigenvalue weighted by Gasteiger charge is -2.09. The van der Waals surface area contributed by atoms with E-state index in [9.17, 15) is 14.0 Å². The first-order valence-corrected chi connectivity index (χ1v) is 5.50. The third-order valence-corrected chi connectivity index (χ3v) is 2.22. The number of anilines is 1. The van der Waals surface area contributed by atoms with Gasteiger partial charge in [0.15, 0.2) is 0 Å². The van der Waals surface area contributed by atoms with Gasteiger partial charge in [0.1, 0.15) is 5.82 Å². The van der Waals surface area contributed by atoms with Gasteiger partial charge in [0, 0.05) is 12.3 Å². The van der Waals surface area contributed by atoms with E-state index >= 15 is 0 Å². The van der Waals surface area contributed by atoms with Crippen LogP contribution in [0.2, 0.25) is 0 Å². The number of carbonyl (C=O) groups excluding carboxylic acids is 2. The number of imide groups is 1. The van der Waals surface area contributed by atoms with Crippen LogP contribution in [0, 0.1) is 12.7 Å². The highest BCUT2D eigenvalue weighted by Crippen LogP contribution is 2.18. The number of hydrogen-bond donors (Lipinski definition) is 2. The Bertz CT molecular complexity index is 417. The van der Waals surface area contributed by atoms with E-state index in [0.29, 0.717) is 5.56 Å². The number of hydrogen-bond acceptors (Lipinski definition) is 2. The number of alkyl halides is 1. The Kier molecular flexibility index (Phi) is 4.90.